The van der Waals surface area contributed by atoms with Crippen molar-refractivity contribution in [2.75, 3.05) is 0 Å². The maximum atomic E-state index is 9.96. The second-order valence-electron chi connectivity index (χ2n) is 6.09. The van der Waals surface area contributed by atoms with Gasteiger partial charge in [-0.3, -0.25) is 0 Å². The van der Waals surface area contributed by atoms with Crippen molar-refractivity contribution in [3.8, 4) is 5.75 Å². The number of phenolic OH excluding ortho intramolecular Hbond substituents is 1. The summed E-state index contributed by atoms with van der Waals surface area (Å²) >= 11 is 0. The second-order valence-corrected chi connectivity index (χ2v) is 6.09. The molecule has 0 aliphatic carbocycles. The fraction of sp³-hybridized carbons (Fsp3) is 0.333. The molecular formula is C18H22O. The minimum absolute atomic E-state index is 0.0210. The molecule has 0 radical (unpaired) electrons. The van der Waals surface area contributed by atoms with Gasteiger partial charge in [-0.2, -0.15) is 0 Å². The van der Waals surface area contributed by atoms with Gasteiger partial charge in [0.25, 0.3) is 0 Å². The van der Waals surface area contributed by atoms with E-state index in [1.807, 2.05) is 18.2 Å². The molecule has 0 aliphatic rings. The van der Waals surface area contributed by atoms with E-state index in [4.69, 9.17) is 0 Å². The van der Waals surface area contributed by atoms with E-state index in [1.54, 1.807) is 0 Å². The van der Waals surface area contributed by atoms with Gasteiger partial charge >= 0.3 is 0 Å². The summed E-state index contributed by atoms with van der Waals surface area (Å²) in [4.78, 5) is 0. The lowest BCUT2D eigenvalue weighted by atomic mass is 9.85. The van der Waals surface area contributed by atoms with Gasteiger partial charge in [0.2, 0.25) is 0 Å². The van der Waals surface area contributed by atoms with Gasteiger partial charge in [0.05, 0.1) is 0 Å². The smallest absolute Gasteiger partial charge is 0.119 e. The Balaban J connectivity index is 2.14. The molecule has 100 valence electrons. The topological polar surface area (TPSA) is 20.2 Å². The Morgan fingerprint density at radius 1 is 0.842 bits per heavy atom. The van der Waals surface area contributed by atoms with Gasteiger partial charge in [0.15, 0.2) is 0 Å². The van der Waals surface area contributed by atoms with Crippen LogP contribution in [0, 0.1) is 0 Å². The minimum Gasteiger partial charge on any atom is -0.508 e. The fourth-order valence-corrected chi connectivity index (χ4v) is 2.27. The van der Waals surface area contributed by atoms with Gasteiger partial charge in [0.1, 0.15) is 5.75 Å². The lowest BCUT2D eigenvalue weighted by molar-refractivity contribution is 0.446. The largest absolute Gasteiger partial charge is 0.508 e. The molecule has 1 nitrogen and oxygen atoms in total. The summed E-state index contributed by atoms with van der Waals surface area (Å²) in [6, 6.07) is 16.5. The predicted octanol–water partition coefficient (Wildman–Crippen LogP) is 4.47. The molecule has 0 fully saturated rings. The van der Waals surface area contributed by atoms with Crippen molar-refractivity contribution in [2.24, 2.45) is 0 Å². The van der Waals surface area contributed by atoms with Crippen LogP contribution in [0.5, 0.6) is 5.75 Å². The summed E-state index contributed by atoms with van der Waals surface area (Å²) in [6.07, 6.45) is 2.04. The molecule has 0 saturated carbocycles. The Bertz CT molecular complexity index is 535. The molecule has 0 unspecified atom stereocenters. The van der Waals surface area contributed by atoms with Crippen LogP contribution < -0.4 is 0 Å². The minimum atomic E-state index is -0.0210. The van der Waals surface area contributed by atoms with Crippen LogP contribution in [0.4, 0.5) is 0 Å². The van der Waals surface area contributed by atoms with Gasteiger partial charge in [-0.15, -0.1) is 0 Å². The summed E-state index contributed by atoms with van der Waals surface area (Å²) in [7, 11) is 0. The summed E-state index contributed by atoms with van der Waals surface area (Å²) in [6.45, 7) is 6.38. The Labute approximate surface area is 115 Å². The molecule has 1 heteroatoms. The maximum Gasteiger partial charge on any atom is 0.119 e. The number of aryl methyl sites for hydroxylation is 2. The Hall–Kier alpha value is -1.76. The SMILES string of the molecule is CC(C)(C)c1cc(CCc2ccccc2)ccc1O. The zero-order valence-electron chi connectivity index (χ0n) is 12.0. The van der Waals surface area contributed by atoms with Crippen LogP contribution in [-0.4, -0.2) is 5.11 Å². The molecular weight excluding hydrogens is 232 g/mol. The van der Waals surface area contributed by atoms with E-state index < -0.39 is 0 Å². The third kappa shape index (κ3) is 3.60. The molecule has 1 N–H and O–H groups in total. The highest BCUT2D eigenvalue weighted by molar-refractivity contribution is 5.40. The highest BCUT2D eigenvalue weighted by atomic mass is 16.3. The van der Waals surface area contributed by atoms with Gasteiger partial charge < -0.3 is 5.11 Å². The Kier molecular flexibility index (Phi) is 3.94. The van der Waals surface area contributed by atoms with Gasteiger partial charge in [0, 0.05) is 0 Å². The number of aromatic hydroxyl groups is 1. The average Bonchev–Trinajstić information content (AvgIpc) is 2.37. The number of phenols is 1. The van der Waals surface area contributed by atoms with E-state index >= 15 is 0 Å². The first kappa shape index (κ1) is 13.7. The molecule has 2 aromatic rings. The van der Waals surface area contributed by atoms with Crippen LogP contribution in [0.25, 0.3) is 0 Å². The number of hydrogen-bond acceptors (Lipinski definition) is 1. The quantitative estimate of drug-likeness (QED) is 0.856. The van der Waals surface area contributed by atoms with Gasteiger partial charge in [-0.1, -0.05) is 63.2 Å². The van der Waals surface area contributed by atoms with Crippen molar-refractivity contribution in [3.05, 3.63) is 65.2 Å². The van der Waals surface area contributed by atoms with E-state index in [9.17, 15) is 5.11 Å². The first-order valence-corrected chi connectivity index (χ1v) is 6.83. The number of hydrogen-bond donors (Lipinski definition) is 1. The Morgan fingerprint density at radius 2 is 1.47 bits per heavy atom. The van der Waals surface area contributed by atoms with E-state index in [-0.39, 0.29) is 5.41 Å². The second kappa shape index (κ2) is 5.48. The molecule has 2 aromatic carbocycles. The van der Waals surface area contributed by atoms with Crippen molar-refractivity contribution in [3.63, 3.8) is 0 Å². The van der Waals surface area contributed by atoms with Crippen LogP contribution >= 0.6 is 0 Å². The molecule has 2 rings (SSSR count). The Morgan fingerprint density at radius 3 is 2.11 bits per heavy atom. The monoisotopic (exact) mass is 254 g/mol. The summed E-state index contributed by atoms with van der Waals surface area (Å²) in [5.41, 5.74) is 3.64. The van der Waals surface area contributed by atoms with E-state index in [0.29, 0.717) is 5.75 Å². The standard InChI is InChI=1S/C18H22O/c1-18(2,3)16-13-15(11-12-17(16)19)10-9-14-7-5-4-6-8-14/h4-8,11-13,19H,9-10H2,1-3H3. The molecule has 0 aromatic heterocycles. The number of benzene rings is 2. The highest BCUT2D eigenvalue weighted by Gasteiger charge is 2.18. The lowest BCUT2D eigenvalue weighted by Crippen LogP contribution is -2.11. The molecule has 0 atom stereocenters. The lowest BCUT2D eigenvalue weighted by Gasteiger charge is -2.21. The van der Waals surface area contributed by atoms with Crippen molar-refractivity contribution in [1.82, 2.24) is 0 Å². The first-order chi connectivity index (χ1) is 8.97. The molecule has 0 heterocycles. The zero-order chi connectivity index (χ0) is 13.9. The third-order valence-corrected chi connectivity index (χ3v) is 3.41. The van der Waals surface area contributed by atoms with Crippen molar-refractivity contribution < 1.29 is 5.11 Å². The van der Waals surface area contributed by atoms with Gasteiger partial charge in [-0.25, -0.2) is 0 Å². The average molecular weight is 254 g/mol. The fourth-order valence-electron chi connectivity index (χ4n) is 2.27. The normalized spacial score (nSPS) is 11.5. The van der Waals surface area contributed by atoms with E-state index in [1.165, 1.54) is 11.1 Å². The maximum absolute atomic E-state index is 9.96. The molecule has 0 saturated heterocycles. The third-order valence-electron chi connectivity index (χ3n) is 3.41. The van der Waals surface area contributed by atoms with Crippen LogP contribution in [0.3, 0.4) is 0 Å². The van der Waals surface area contributed by atoms with Crippen LogP contribution in [0.2, 0.25) is 0 Å². The summed E-state index contributed by atoms with van der Waals surface area (Å²) < 4.78 is 0. The van der Waals surface area contributed by atoms with Crippen LogP contribution in [0.1, 0.15) is 37.5 Å². The molecule has 0 aliphatic heterocycles. The summed E-state index contributed by atoms with van der Waals surface area (Å²) in [5.74, 6) is 0.399. The van der Waals surface area contributed by atoms with E-state index in [2.05, 4.69) is 51.1 Å². The predicted molar refractivity (Wildman–Crippen MR) is 80.7 cm³/mol. The molecule has 0 spiro atoms. The van der Waals surface area contributed by atoms with Gasteiger partial charge in [-0.05, 0) is 41.0 Å². The zero-order valence-corrected chi connectivity index (χ0v) is 12.0. The highest BCUT2D eigenvalue weighted by Crippen LogP contribution is 2.31. The van der Waals surface area contributed by atoms with E-state index in [0.717, 1.165) is 18.4 Å². The molecule has 19 heavy (non-hydrogen) atoms. The van der Waals surface area contributed by atoms with Crippen molar-refractivity contribution >= 4 is 0 Å². The molecule has 0 bridgehead atoms. The van der Waals surface area contributed by atoms with Crippen molar-refractivity contribution in [1.29, 1.82) is 0 Å². The summed E-state index contributed by atoms with van der Waals surface area (Å²) in [5, 5.41) is 9.96. The van der Waals surface area contributed by atoms with Crippen LogP contribution in [0.15, 0.2) is 48.5 Å². The van der Waals surface area contributed by atoms with Crippen molar-refractivity contribution in [2.45, 2.75) is 39.0 Å². The number of rotatable bonds is 3. The first-order valence-electron chi connectivity index (χ1n) is 6.83. The van der Waals surface area contributed by atoms with Crippen LogP contribution in [-0.2, 0) is 18.3 Å². The molecule has 0 amide bonds.